The van der Waals surface area contributed by atoms with Gasteiger partial charge in [-0.2, -0.15) is 4.37 Å². The van der Waals surface area contributed by atoms with E-state index in [9.17, 15) is 13.5 Å². The van der Waals surface area contributed by atoms with Gasteiger partial charge in [-0.25, -0.2) is 8.42 Å². The van der Waals surface area contributed by atoms with Crippen molar-refractivity contribution in [2.75, 3.05) is 23.9 Å². The molecule has 0 aliphatic carbocycles. The molecule has 1 heterocycles. The van der Waals surface area contributed by atoms with Crippen molar-refractivity contribution in [3.63, 3.8) is 0 Å². The van der Waals surface area contributed by atoms with Crippen molar-refractivity contribution in [2.24, 2.45) is 0 Å². The van der Waals surface area contributed by atoms with Gasteiger partial charge in [-0.1, -0.05) is 0 Å². The summed E-state index contributed by atoms with van der Waals surface area (Å²) in [5.41, 5.74) is 4.55. The smallest absolute Gasteiger partial charge is 0.182 e. The average molecular weight is 265 g/mol. The fourth-order valence-corrected chi connectivity index (χ4v) is 3.12. The molecule has 6 nitrogen and oxygen atoms in total. The van der Waals surface area contributed by atoms with E-state index in [1.807, 2.05) is 0 Å². The normalized spacial score (nSPS) is 12.8. The Labute approximate surface area is 98.6 Å². The minimum Gasteiger partial charge on any atom is -0.389 e. The lowest BCUT2D eigenvalue weighted by molar-refractivity contribution is 0.0945. The number of hydrogen-bond acceptors (Lipinski definition) is 7. The quantitative estimate of drug-likeness (QED) is 0.723. The van der Waals surface area contributed by atoms with Crippen LogP contribution in [0.3, 0.4) is 0 Å². The van der Waals surface area contributed by atoms with Crippen LogP contribution < -0.4 is 11.1 Å². The van der Waals surface area contributed by atoms with Gasteiger partial charge in [0.2, 0.25) is 0 Å². The maximum atomic E-state index is 11.4. The molecule has 0 saturated carbocycles. The lowest BCUT2D eigenvalue weighted by Crippen LogP contribution is -2.29. The third-order valence-corrected chi connectivity index (χ3v) is 3.83. The highest BCUT2D eigenvalue weighted by Gasteiger charge is 2.22. The van der Waals surface area contributed by atoms with Crippen molar-refractivity contribution in [3.8, 4) is 0 Å². The van der Waals surface area contributed by atoms with Gasteiger partial charge in [0.1, 0.15) is 9.90 Å². The molecule has 4 N–H and O–H groups in total. The van der Waals surface area contributed by atoms with Crippen LogP contribution in [0.4, 0.5) is 10.8 Å². The zero-order valence-electron chi connectivity index (χ0n) is 9.31. The Bertz CT molecular complexity index is 473. The summed E-state index contributed by atoms with van der Waals surface area (Å²) in [5, 5.41) is 12.7. The summed E-state index contributed by atoms with van der Waals surface area (Å²) in [6.45, 7) is 3.45. The number of nitrogens with one attached hydrogen (secondary N) is 1. The second-order valence-electron chi connectivity index (χ2n) is 4.16. The summed E-state index contributed by atoms with van der Waals surface area (Å²) in [7, 11) is -3.41. The standard InChI is InChI=1S/C8H15N3O3S2/c1-8(2,12)4-10-7-5(16(3,13)14)6(9)11-15-7/h10,12H,4H2,1-3H3,(H2,9,11). The summed E-state index contributed by atoms with van der Waals surface area (Å²) < 4.78 is 26.7. The third kappa shape index (κ3) is 3.32. The summed E-state index contributed by atoms with van der Waals surface area (Å²) in [6, 6.07) is 0. The number of hydrogen-bond donors (Lipinski definition) is 3. The highest BCUT2D eigenvalue weighted by Crippen LogP contribution is 2.31. The number of aliphatic hydroxyl groups is 1. The van der Waals surface area contributed by atoms with E-state index in [4.69, 9.17) is 5.73 Å². The van der Waals surface area contributed by atoms with E-state index in [1.165, 1.54) is 0 Å². The molecule has 16 heavy (non-hydrogen) atoms. The van der Waals surface area contributed by atoms with Crippen LogP contribution in [0.2, 0.25) is 0 Å². The Kier molecular flexibility index (Phi) is 3.46. The maximum Gasteiger partial charge on any atom is 0.182 e. The minimum absolute atomic E-state index is 0.00162. The molecule has 0 aliphatic rings. The number of sulfone groups is 1. The van der Waals surface area contributed by atoms with E-state index in [0.29, 0.717) is 5.00 Å². The Balaban J connectivity index is 2.99. The maximum absolute atomic E-state index is 11.4. The Morgan fingerprint density at radius 1 is 1.56 bits per heavy atom. The number of nitrogens with two attached hydrogens (primary N) is 1. The van der Waals surface area contributed by atoms with Gasteiger partial charge in [-0.05, 0) is 25.4 Å². The first-order valence-electron chi connectivity index (χ1n) is 4.53. The van der Waals surface area contributed by atoms with E-state index >= 15 is 0 Å². The lowest BCUT2D eigenvalue weighted by Gasteiger charge is -2.17. The minimum atomic E-state index is -3.41. The molecule has 0 saturated heterocycles. The Hall–Kier alpha value is -0.860. The van der Waals surface area contributed by atoms with E-state index in [2.05, 4.69) is 9.69 Å². The molecule has 0 fully saturated rings. The van der Waals surface area contributed by atoms with Crippen LogP contribution >= 0.6 is 11.5 Å². The molecule has 0 atom stereocenters. The molecule has 0 aliphatic heterocycles. The second-order valence-corrected chi connectivity index (χ2v) is 6.89. The molecule has 1 aromatic rings. The molecule has 8 heteroatoms. The molecule has 0 bridgehead atoms. The van der Waals surface area contributed by atoms with Crippen LogP contribution in [0.1, 0.15) is 13.8 Å². The first-order chi connectivity index (χ1) is 7.11. The van der Waals surface area contributed by atoms with Crippen molar-refractivity contribution in [3.05, 3.63) is 0 Å². The lowest BCUT2D eigenvalue weighted by atomic mass is 10.1. The number of aromatic nitrogens is 1. The molecule has 0 radical (unpaired) electrons. The zero-order chi connectivity index (χ0) is 12.6. The number of rotatable bonds is 4. The molecule has 0 amide bonds. The molecule has 1 rings (SSSR count). The zero-order valence-corrected chi connectivity index (χ0v) is 10.9. The van der Waals surface area contributed by atoms with Crippen molar-refractivity contribution in [1.82, 2.24) is 4.37 Å². The number of nitrogen functional groups attached to an aromatic ring is 1. The number of anilines is 2. The van der Waals surface area contributed by atoms with E-state index < -0.39 is 15.4 Å². The topological polar surface area (TPSA) is 105 Å². The van der Waals surface area contributed by atoms with Gasteiger partial charge >= 0.3 is 0 Å². The molecule has 92 valence electrons. The third-order valence-electron chi connectivity index (χ3n) is 1.73. The molecule has 0 aromatic carbocycles. The summed E-state index contributed by atoms with van der Waals surface area (Å²) >= 11 is 0.967. The monoisotopic (exact) mass is 265 g/mol. The van der Waals surface area contributed by atoms with Gasteiger partial charge in [0.15, 0.2) is 15.7 Å². The average Bonchev–Trinajstić information content (AvgIpc) is 2.41. The van der Waals surface area contributed by atoms with Gasteiger partial charge in [0, 0.05) is 12.8 Å². The second kappa shape index (κ2) is 4.19. The molecular weight excluding hydrogens is 250 g/mol. The van der Waals surface area contributed by atoms with Crippen LogP contribution in [0, 0.1) is 0 Å². The fraction of sp³-hybridized carbons (Fsp3) is 0.625. The predicted molar refractivity (Wildman–Crippen MR) is 64.4 cm³/mol. The number of nitrogens with zero attached hydrogens (tertiary/aromatic N) is 1. The first kappa shape index (κ1) is 13.2. The van der Waals surface area contributed by atoms with Crippen molar-refractivity contribution in [1.29, 1.82) is 0 Å². The Morgan fingerprint density at radius 2 is 2.12 bits per heavy atom. The molecule has 0 spiro atoms. The highest BCUT2D eigenvalue weighted by atomic mass is 32.2. The predicted octanol–water partition coefficient (Wildman–Crippen LogP) is 0.312. The van der Waals surface area contributed by atoms with Gasteiger partial charge < -0.3 is 16.2 Å². The van der Waals surface area contributed by atoms with Gasteiger partial charge in [-0.15, -0.1) is 0 Å². The van der Waals surface area contributed by atoms with Gasteiger partial charge in [0.05, 0.1) is 5.60 Å². The van der Waals surface area contributed by atoms with Crippen molar-refractivity contribution in [2.45, 2.75) is 24.3 Å². The van der Waals surface area contributed by atoms with Gasteiger partial charge in [-0.3, -0.25) is 0 Å². The molecular formula is C8H15N3O3S2. The van der Waals surface area contributed by atoms with E-state index in [-0.39, 0.29) is 17.3 Å². The van der Waals surface area contributed by atoms with Crippen LogP contribution in [0.25, 0.3) is 0 Å². The SMILES string of the molecule is CC(C)(O)CNc1snc(N)c1S(C)(=O)=O. The van der Waals surface area contributed by atoms with Crippen LogP contribution in [0.5, 0.6) is 0 Å². The fourth-order valence-electron chi connectivity index (χ4n) is 1.06. The van der Waals surface area contributed by atoms with Crippen molar-refractivity contribution < 1.29 is 13.5 Å². The first-order valence-corrected chi connectivity index (χ1v) is 7.19. The molecule has 1 aromatic heterocycles. The Morgan fingerprint density at radius 3 is 2.56 bits per heavy atom. The largest absolute Gasteiger partial charge is 0.389 e. The van der Waals surface area contributed by atoms with Crippen molar-refractivity contribution >= 4 is 32.2 Å². The van der Waals surface area contributed by atoms with E-state index in [0.717, 1.165) is 17.8 Å². The van der Waals surface area contributed by atoms with E-state index in [1.54, 1.807) is 13.8 Å². The summed E-state index contributed by atoms with van der Waals surface area (Å²) in [6.07, 6.45) is 1.07. The van der Waals surface area contributed by atoms with Crippen LogP contribution in [-0.2, 0) is 9.84 Å². The summed E-state index contributed by atoms with van der Waals surface area (Å²) in [5.74, 6) is -0.00857. The summed E-state index contributed by atoms with van der Waals surface area (Å²) in [4.78, 5) is 0.00162. The van der Waals surface area contributed by atoms with Crippen LogP contribution in [0.15, 0.2) is 4.90 Å². The highest BCUT2D eigenvalue weighted by molar-refractivity contribution is 7.91. The van der Waals surface area contributed by atoms with Gasteiger partial charge in [0.25, 0.3) is 0 Å². The molecule has 0 unspecified atom stereocenters. The van der Waals surface area contributed by atoms with Crippen LogP contribution in [-0.4, -0.2) is 36.3 Å².